The highest BCUT2D eigenvalue weighted by Crippen LogP contribution is 2.20. The fourth-order valence-electron chi connectivity index (χ4n) is 2.41. The van der Waals surface area contributed by atoms with E-state index in [4.69, 9.17) is 0 Å². The van der Waals surface area contributed by atoms with Crippen LogP contribution in [0.15, 0.2) is 48.0 Å². The molecule has 1 aromatic carbocycles. The number of nitrogens with one attached hydrogen (secondary N) is 1. The molecule has 2 N–H and O–H groups in total. The van der Waals surface area contributed by atoms with E-state index in [1.807, 2.05) is 43.5 Å². The van der Waals surface area contributed by atoms with Crippen LogP contribution in [0.1, 0.15) is 22.8 Å². The largest absolute Gasteiger partial charge is 0.387 e. The molecule has 21 heavy (non-hydrogen) atoms. The summed E-state index contributed by atoms with van der Waals surface area (Å²) in [6.45, 7) is 3.27. The highest BCUT2D eigenvalue weighted by atomic mass is 32.1. The summed E-state index contributed by atoms with van der Waals surface area (Å²) in [5.41, 5.74) is 4.29. The SMILES string of the molecule is Cc1ccccc1C(O)CNCc1cnc2ccsc2c1. The van der Waals surface area contributed by atoms with Gasteiger partial charge in [0, 0.05) is 19.3 Å². The highest BCUT2D eigenvalue weighted by molar-refractivity contribution is 7.17. The Hall–Kier alpha value is -1.75. The number of hydrogen-bond donors (Lipinski definition) is 2. The maximum Gasteiger partial charge on any atom is 0.0917 e. The molecule has 3 aromatic rings. The van der Waals surface area contributed by atoms with Crippen LogP contribution in [0.5, 0.6) is 0 Å². The molecule has 1 unspecified atom stereocenters. The summed E-state index contributed by atoms with van der Waals surface area (Å²) in [7, 11) is 0. The van der Waals surface area contributed by atoms with Crippen molar-refractivity contribution in [3.63, 3.8) is 0 Å². The molecule has 0 spiro atoms. The van der Waals surface area contributed by atoms with Crippen LogP contribution in [-0.2, 0) is 6.54 Å². The number of nitrogens with zero attached hydrogens (tertiary/aromatic N) is 1. The molecular weight excluding hydrogens is 280 g/mol. The number of aryl methyl sites for hydroxylation is 1. The molecule has 0 aliphatic rings. The van der Waals surface area contributed by atoms with Gasteiger partial charge >= 0.3 is 0 Å². The second-order valence-electron chi connectivity index (χ2n) is 5.15. The summed E-state index contributed by atoms with van der Waals surface area (Å²) < 4.78 is 1.20. The van der Waals surface area contributed by atoms with Crippen LogP contribution in [0.3, 0.4) is 0 Å². The minimum Gasteiger partial charge on any atom is -0.387 e. The van der Waals surface area contributed by atoms with Gasteiger partial charge in [-0.2, -0.15) is 0 Å². The lowest BCUT2D eigenvalue weighted by molar-refractivity contribution is 0.173. The lowest BCUT2D eigenvalue weighted by atomic mass is 10.0. The van der Waals surface area contributed by atoms with Gasteiger partial charge in [0.25, 0.3) is 0 Å². The number of fused-ring (bicyclic) bond motifs is 1. The Morgan fingerprint density at radius 3 is 3.00 bits per heavy atom. The highest BCUT2D eigenvalue weighted by Gasteiger charge is 2.09. The quantitative estimate of drug-likeness (QED) is 0.758. The summed E-state index contributed by atoms with van der Waals surface area (Å²) in [6, 6.07) is 12.1. The maximum absolute atomic E-state index is 10.2. The smallest absolute Gasteiger partial charge is 0.0917 e. The second-order valence-corrected chi connectivity index (χ2v) is 6.10. The molecule has 3 rings (SSSR count). The van der Waals surface area contributed by atoms with Crippen LogP contribution >= 0.6 is 11.3 Å². The number of aliphatic hydroxyl groups is 1. The van der Waals surface area contributed by atoms with Gasteiger partial charge in [0.2, 0.25) is 0 Å². The zero-order chi connectivity index (χ0) is 14.7. The zero-order valence-corrected chi connectivity index (χ0v) is 12.7. The Balaban J connectivity index is 1.59. The second kappa shape index (κ2) is 6.35. The van der Waals surface area contributed by atoms with Gasteiger partial charge in [-0.1, -0.05) is 24.3 Å². The van der Waals surface area contributed by atoms with Gasteiger partial charge in [-0.3, -0.25) is 4.98 Å². The molecule has 0 radical (unpaired) electrons. The monoisotopic (exact) mass is 298 g/mol. The van der Waals surface area contributed by atoms with Gasteiger partial charge in [0.1, 0.15) is 0 Å². The van der Waals surface area contributed by atoms with Crippen LogP contribution < -0.4 is 5.32 Å². The van der Waals surface area contributed by atoms with Crippen molar-refractivity contribution in [2.75, 3.05) is 6.54 Å². The molecular formula is C17H18N2OS. The van der Waals surface area contributed by atoms with Gasteiger partial charge < -0.3 is 10.4 Å². The van der Waals surface area contributed by atoms with Crippen molar-refractivity contribution in [2.24, 2.45) is 0 Å². The first kappa shape index (κ1) is 14.2. The lowest BCUT2D eigenvalue weighted by Gasteiger charge is -2.14. The molecule has 0 fully saturated rings. The first-order valence-corrected chi connectivity index (χ1v) is 7.88. The maximum atomic E-state index is 10.2. The molecule has 0 saturated carbocycles. The van der Waals surface area contributed by atoms with Crippen molar-refractivity contribution < 1.29 is 5.11 Å². The first-order valence-electron chi connectivity index (χ1n) is 7.00. The molecule has 2 heterocycles. The number of pyridine rings is 1. The predicted octanol–water partition coefficient (Wildman–Crippen LogP) is 3.43. The zero-order valence-electron chi connectivity index (χ0n) is 11.9. The molecule has 4 heteroatoms. The normalized spacial score (nSPS) is 12.7. The van der Waals surface area contributed by atoms with Crippen LogP contribution in [-0.4, -0.2) is 16.6 Å². The van der Waals surface area contributed by atoms with E-state index in [2.05, 4.69) is 21.7 Å². The number of rotatable bonds is 5. The third kappa shape index (κ3) is 3.29. The van der Waals surface area contributed by atoms with E-state index < -0.39 is 6.10 Å². The van der Waals surface area contributed by atoms with Gasteiger partial charge in [0.15, 0.2) is 0 Å². The van der Waals surface area contributed by atoms with Gasteiger partial charge in [-0.05, 0) is 41.1 Å². The number of aromatic nitrogens is 1. The van der Waals surface area contributed by atoms with E-state index in [0.717, 1.165) is 22.2 Å². The summed E-state index contributed by atoms with van der Waals surface area (Å²) in [5, 5.41) is 15.6. The Morgan fingerprint density at radius 2 is 2.14 bits per heavy atom. The van der Waals surface area contributed by atoms with E-state index in [1.165, 1.54) is 4.70 Å². The molecule has 108 valence electrons. The van der Waals surface area contributed by atoms with Crippen molar-refractivity contribution in [2.45, 2.75) is 19.6 Å². The Kier molecular flexibility index (Phi) is 4.29. The van der Waals surface area contributed by atoms with Gasteiger partial charge in [-0.15, -0.1) is 11.3 Å². The van der Waals surface area contributed by atoms with Crippen LogP contribution in [0.25, 0.3) is 10.2 Å². The lowest BCUT2D eigenvalue weighted by Crippen LogP contribution is -2.21. The summed E-state index contributed by atoms with van der Waals surface area (Å²) in [4.78, 5) is 4.42. The van der Waals surface area contributed by atoms with E-state index >= 15 is 0 Å². The topological polar surface area (TPSA) is 45.1 Å². The third-order valence-corrected chi connectivity index (χ3v) is 4.43. The fraction of sp³-hybridized carbons (Fsp3) is 0.235. The van der Waals surface area contributed by atoms with Crippen molar-refractivity contribution in [1.29, 1.82) is 0 Å². The van der Waals surface area contributed by atoms with Crippen LogP contribution in [0, 0.1) is 6.92 Å². The molecule has 1 atom stereocenters. The minimum atomic E-state index is -0.482. The molecule has 0 amide bonds. The first-order chi connectivity index (χ1) is 10.2. The third-order valence-electron chi connectivity index (χ3n) is 3.57. The van der Waals surface area contributed by atoms with Gasteiger partial charge in [-0.25, -0.2) is 0 Å². The summed E-state index contributed by atoms with van der Waals surface area (Å²) in [5.74, 6) is 0. The average Bonchev–Trinajstić information content (AvgIpc) is 2.95. The molecule has 2 aromatic heterocycles. The van der Waals surface area contributed by atoms with Crippen molar-refractivity contribution in [1.82, 2.24) is 10.3 Å². The van der Waals surface area contributed by atoms with E-state index in [0.29, 0.717) is 13.1 Å². The molecule has 0 aliphatic heterocycles. The fourth-order valence-corrected chi connectivity index (χ4v) is 3.21. The molecule has 0 aliphatic carbocycles. The standard InChI is InChI=1S/C17H18N2OS/c1-12-4-2-3-5-14(12)16(20)11-18-9-13-8-17-15(19-10-13)6-7-21-17/h2-8,10,16,18,20H,9,11H2,1H3. The van der Waals surface area contributed by atoms with Gasteiger partial charge in [0.05, 0.1) is 16.3 Å². The van der Waals surface area contributed by atoms with E-state index in [9.17, 15) is 5.11 Å². The number of aliphatic hydroxyl groups excluding tert-OH is 1. The Labute approximate surface area is 128 Å². The number of thiophene rings is 1. The molecule has 0 saturated heterocycles. The predicted molar refractivity (Wildman–Crippen MR) is 87.5 cm³/mol. The summed E-state index contributed by atoms with van der Waals surface area (Å²) >= 11 is 1.70. The van der Waals surface area contributed by atoms with Crippen molar-refractivity contribution >= 4 is 21.6 Å². The van der Waals surface area contributed by atoms with Crippen molar-refractivity contribution in [3.05, 3.63) is 64.7 Å². The summed E-state index contributed by atoms with van der Waals surface area (Å²) in [6.07, 6.45) is 1.41. The molecule has 3 nitrogen and oxygen atoms in total. The van der Waals surface area contributed by atoms with E-state index in [1.54, 1.807) is 11.3 Å². The molecule has 0 bridgehead atoms. The number of benzene rings is 1. The average molecular weight is 298 g/mol. The Bertz CT molecular complexity index is 738. The van der Waals surface area contributed by atoms with Crippen molar-refractivity contribution in [3.8, 4) is 0 Å². The Morgan fingerprint density at radius 1 is 1.29 bits per heavy atom. The number of hydrogen-bond acceptors (Lipinski definition) is 4. The van der Waals surface area contributed by atoms with E-state index in [-0.39, 0.29) is 0 Å². The van der Waals surface area contributed by atoms with Crippen LogP contribution in [0.2, 0.25) is 0 Å². The minimum absolute atomic E-state index is 0.482. The van der Waals surface area contributed by atoms with Crippen LogP contribution in [0.4, 0.5) is 0 Å².